The third-order valence-electron chi connectivity index (χ3n) is 4.89. The molecule has 2 aromatic rings. The van der Waals surface area contributed by atoms with E-state index in [1.807, 2.05) is 36.4 Å². The van der Waals surface area contributed by atoms with E-state index in [2.05, 4.69) is 27.7 Å². The van der Waals surface area contributed by atoms with E-state index in [0.717, 1.165) is 36.8 Å². The van der Waals surface area contributed by atoms with Crippen LogP contribution in [0.2, 0.25) is 0 Å². The van der Waals surface area contributed by atoms with Gasteiger partial charge >= 0.3 is 0 Å². The molecule has 0 amide bonds. The van der Waals surface area contributed by atoms with Crippen molar-refractivity contribution in [2.45, 2.75) is 18.9 Å². The van der Waals surface area contributed by atoms with Gasteiger partial charge in [-0.2, -0.15) is 0 Å². The largest absolute Gasteiger partial charge is 0.497 e. The Kier molecular flexibility index (Phi) is 6.90. The summed E-state index contributed by atoms with van der Waals surface area (Å²) in [6.07, 6.45) is 2.50. The Morgan fingerprint density at radius 3 is 2.07 bits per heavy atom. The van der Waals surface area contributed by atoms with Crippen molar-refractivity contribution >= 4 is 23.0 Å². The first-order valence-corrected chi connectivity index (χ1v) is 9.67. The van der Waals surface area contributed by atoms with Gasteiger partial charge in [-0.25, -0.2) is 0 Å². The molecule has 27 heavy (non-hydrogen) atoms. The fourth-order valence-corrected chi connectivity index (χ4v) is 3.58. The van der Waals surface area contributed by atoms with Crippen molar-refractivity contribution in [2.75, 3.05) is 39.2 Å². The van der Waals surface area contributed by atoms with Gasteiger partial charge in [0.05, 0.1) is 20.3 Å². The number of anilines is 1. The van der Waals surface area contributed by atoms with Gasteiger partial charge in [0.25, 0.3) is 0 Å². The van der Waals surface area contributed by atoms with Gasteiger partial charge in [0.15, 0.2) is 5.11 Å². The van der Waals surface area contributed by atoms with E-state index in [1.165, 1.54) is 18.4 Å². The molecule has 0 bridgehead atoms. The predicted molar refractivity (Wildman–Crippen MR) is 114 cm³/mol. The lowest BCUT2D eigenvalue weighted by atomic mass is 10.1. The van der Waals surface area contributed by atoms with E-state index in [0.29, 0.717) is 5.11 Å². The van der Waals surface area contributed by atoms with Crippen molar-refractivity contribution in [2.24, 2.45) is 0 Å². The van der Waals surface area contributed by atoms with Gasteiger partial charge < -0.3 is 20.1 Å². The van der Waals surface area contributed by atoms with Crippen LogP contribution in [-0.2, 0) is 0 Å². The summed E-state index contributed by atoms with van der Waals surface area (Å²) >= 11 is 5.49. The minimum atomic E-state index is 0.286. The monoisotopic (exact) mass is 385 g/mol. The van der Waals surface area contributed by atoms with Gasteiger partial charge in [-0.05, 0) is 80.1 Å². The van der Waals surface area contributed by atoms with Crippen LogP contribution in [-0.4, -0.2) is 43.9 Å². The molecule has 1 fully saturated rings. The van der Waals surface area contributed by atoms with E-state index < -0.39 is 0 Å². The zero-order valence-corrected chi connectivity index (χ0v) is 16.7. The Hall–Kier alpha value is -2.31. The van der Waals surface area contributed by atoms with E-state index in [4.69, 9.17) is 21.7 Å². The maximum atomic E-state index is 5.49. The third kappa shape index (κ3) is 5.34. The van der Waals surface area contributed by atoms with Gasteiger partial charge in [0.1, 0.15) is 11.5 Å². The number of thiocarbonyl (C=S) groups is 1. The Bertz CT molecular complexity index is 728. The maximum absolute atomic E-state index is 5.49. The molecule has 0 aliphatic carbocycles. The molecule has 0 radical (unpaired) electrons. The minimum absolute atomic E-state index is 0.286. The molecule has 1 heterocycles. The Labute approximate surface area is 166 Å². The number of nitrogens with one attached hydrogen (secondary N) is 2. The van der Waals surface area contributed by atoms with Crippen molar-refractivity contribution in [3.05, 3.63) is 54.1 Å². The molecule has 0 saturated carbocycles. The molecule has 6 heteroatoms. The number of rotatable bonds is 7. The van der Waals surface area contributed by atoms with Gasteiger partial charge in [-0.15, -0.1) is 0 Å². The van der Waals surface area contributed by atoms with E-state index >= 15 is 0 Å². The molecule has 0 unspecified atom stereocenters. The molecule has 0 spiro atoms. The first kappa shape index (κ1) is 19.5. The summed E-state index contributed by atoms with van der Waals surface area (Å²) in [4.78, 5) is 2.52. The molecule has 5 nitrogen and oxygen atoms in total. The van der Waals surface area contributed by atoms with Crippen LogP contribution in [0.25, 0.3) is 0 Å². The van der Waals surface area contributed by atoms with E-state index in [1.54, 1.807) is 14.2 Å². The predicted octanol–water partition coefficient (Wildman–Crippen LogP) is 3.83. The number of ether oxygens (including phenoxy) is 2. The van der Waals surface area contributed by atoms with Gasteiger partial charge in [0.2, 0.25) is 0 Å². The van der Waals surface area contributed by atoms with Gasteiger partial charge in [0, 0.05) is 12.2 Å². The molecule has 1 aliphatic rings. The van der Waals surface area contributed by atoms with Crippen LogP contribution < -0.4 is 20.1 Å². The second-order valence-electron chi connectivity index (χ2n) is 6.60. The van der Waals surface area contributed by atoms with Gasteiger partial charge in [-0.1, -0.05) is 12.1 Å². The summed E-state index contributed by atoms with van der Waals surface area (Å²) in [5.41, 5.74) is 2.22. The van der Waals surface area contributed by atoms with Crippen molar-refractivity contribution in [3.63, 3.8) is 0 Å². The number of methoxy groups -OCH3 is 2. The highest BCUT2D eigenvalue weighted by Gasteiger charge is 2.23. The standard InChI is InChI=1S/C21H27N3O2S/c1-25-18-9-5-16(6-10-18)20(24-13-3-4-14-24)15-22-21(27)23-17-7-11-19(26-2)12-8-17/h5-12,20H,3-4,13-15H2,1-2H3,(H2,22,23,27)/t20-/m0/s1. The molecule has 1 saturated heterocycles. The lowest BCUT2D eigenvalue weighted by molar-refractivity contribution is 0.246. The number of nitrogens with zero attached hydrogens (tertiary/aromatic N) is 1. The fourth-order valence-electron chi connectivity index (χ4n) is 3.38. The Balaban J connectivity index is 1.61. The molecule has 144 valence electrons. The summed E-state index contributed by atoms with van der Waals surface area (Å²) < 4.78 is 10.5. The summed E-state index contributed by atoms with van der Waals surface area (Å²) in [6.45, 7) is 3.00. The summed E-state index contributed by atoms with van der Waals surface area (Å²) in [5.74, 6) is 1.71. The summed E-state index contributed by atoms with van der Waals surface area (Å²) in [7, 11) is 3.35. The van der Waals surface area contributed by atoms with Crippen molar-refractivity contribution in [1.29, 1.82) is 0 Å². The number of hydrogen-bond acceptors (Lipinski definition) is 4. The number of likely N-dealkylation sites (tertiary alicyclic amines) is 1. The smallest absolute Gasteiger partial charge is 0.170 e. The zero-order valence-electron chi connectivity index (χ0n) is 15.9. The molecule has 2 aromatic carbocycles. The van der Waals surface area contributed by atoms with Crippen LogP contribution >= 0.6 is 12.2 Å². The van der Waals surface area contributed by atoms with Crippen LogP contribution in [0, 0.1) is 0 Å². The lowest BCUT2D eigenvalue weighted by Gasteiger charge is -2.29. The van der Waals surface area contributed by atoms with Crippen LogP contribution in [0.5, 0.6) is 11.5 Å². The topological polar surface area (TPSA) is 45.8 Å². The Morgan fingerprint density at radius 2 is 1.52 bits per heavy atom. The van der Waals surface area contributed by atoms with Crippen LogP contribution in [0.15, 0.2) is 48.5 Å². The maximum Gasteiger partial charge on any atom is 0.170 e. The summed E-state index contributed by atoms with van der Waals surface area (Å²) in [5, 5.41) is 7.24. The van der Waals surface area contributed by atoms with Crippen LogP contribution in [0.3, 0.4) is 0 Å². The third-order valence-corrected chi connectivity index (χ3v) is 5.13. The fraction of sp³-hybridized carbons (Fsp3) is 0.381. The summed E-state index contributed by atoms with van der Waals surface area (Å²) in [6, 6.07) is 16.3. The molecular formula is C21H27N3O2S. The highest BCUT2D eigenvalue weighted by atomic mass is 32.1. The van der Waals surface area contributed by atoms with E-state index in [-0.39, 0.29) is 6.04 Å². The quantitative estimate of drug-likeness (QED) is 0.707. The second kappa shape index (κ2) is 9.58. The minimum Gasteiger partial charge on any atom is -0.497 e. The first-order valence-electron chi connectivity index (χ1n) is 9.26. The highest BCUT2D eigenvalue weighted by Crippen LogP contribution is 2.26. The average molecular weight is 386 g/mol. The second-order valence-corrected chi connectivity index (χ2v) is 7.00. The number of hydrogen-bond donors (Lipinski definition) is 2. The van der Waals surface area contributed by atoms with Crippen LogP contribution in [0.4, 0.5) is 5.69 Å². The molecule has 3 rings (SSSR count). The molecule has 2 N–H and O–H groups in total. The first-order chi connectivity index (χ1) is 13.2. The molecular weight excluding hydrogens is 358 g/mol. The normalized spacial score (nSPS) is 15.2. The van der Waals surface area contributed by atoms with E-state index in [9.17, 15) is 0 Å². The lowest BCUT2D eigenvalue weighted by Crippen LogP contribution is -2.38. The zero-order chi connectivity index (χ0) is 19.1. The molecule has 1 atom stereocenters. The van der Waals surface area contributed by atoms with Crippen molar-refractivity contribution < 1.29 is 9.47 Å². The van der Waals surface area contributed by atoms with Crippen molar-refractivity contribution in [1.82, 2.24) is 10.2 Å². The molecule has 0 aromatic heterocycles. The number of benzene rings is 2. The highest BCUT2D eigenvalue weighted by molar-refractivity contribution is 7.80. The molecule has 1 aliphatic heterocycles. The van der Waals surface area contributed by atoms with Crippen LogP contribution in [0.1, 0.15) is 24.4 Å². The SMILES string of the molecule is COc1ccc(NC(=S)NC[C@@H](c2ccc(OC)cc2)N2CCCC2)cc1. The van der Waals surface area contributed by atoms with Crippen molar-refractivity contribution in [3.8, 4) is 11.5 Å². The van der Waals surface area contributed by atoms with Gasteiger partial charge in [-0.3, -0.25) is 4.90 Å². The Morgan fingerprint density at radius 1 is 0.963 bits per heavy atom. The average Bonchev–Trinajstić information content (AvgIpc) is 3.24.